The van der Waals surface area contributed by atoms with Crippen molar-refractivity contribution in [2.24, 2.45) is 0 Å². The minimum atomic E-state index is -3.18. The second-order valence-corrected chi connectivity index (χ2v) is 32.1. The average Bonchev–Trinajstić information content (AvgIpc) is 0.856. The van der Waals surface area contributed by atoms with Crippen molar-refractivity contribution < 1.29 is 118 Å². The first kappa shape index (κ1) is 106. The summed E-state index contributed by atoms with van der Waals surface area (Å²) in [4.78, 5) is 136. The number of rotatable bonds is 28. The maximum absolute atomic E-state index is 13.5. The Kier molecular flexibility index (Phi) is 45.6. The van der Waals surface area contributed by atoms with Gasteiger partial charge in [0.05, 0.1) is 0 Å². The van der Waals surface area contributed by atoms with Crippen molar-refractivity contribution in [3.63, 3.8) is 0 Å². The van der Waals surface area contributed by atoms with Gasteiger partial charge in [0.25, 0.3) is 0 Å². The summed E-state index contributed by atoms with van der Waals surface area (Å²) >= 11 is 0. The summed E-state index contributed by atoms with van der Waals surface area (Å²) in [5.74, 6) is -10.6. The van der Waals surface area contributed by atoms with E-state index in [2.05, 4.69) is 18.5 Å². The lowest BCUT2D eigenvalue weighted by Crippen LogP contribution is -2.47. The predicted octanol–water partition coefficient (Wildman–Crippen LogP) is 17.5. The van der Waals surface area contributed by atoms with Gasteiger partial charge in [0.2, 0.25) is 11.8 Å². The fourth-order valence-electron chi connectivity index (χ4n) is 8.95. The number of carboxylic acid groups (broad SMARTS) is 1. The monoisotopic (exact) mass is 1630 g/mol. The van der Waals surface area contributed by atoms with E-state index >= 15 is 0 Å². The van der Waals surface area contributed by atoms with Crippen LogP contribution in [0.5, 0.6) is 0 Å². The van der Waals surface area contributed by atoms with Crippen LogP contribution in [0, 0.1) is 0 Å². The number of ketones is 1. The molecular weight excluding hydrogens is 1500 g/mol. The van der Waals surface area contributed by atoms with Gasteiger partial charge in [0, 0.05) is 47.5 Å². The molecule has 30 heteroatoms. The highest BCUT2D eigenvalue weighted by molar-refractivity contribution is 5.88. The summed E-state index contributed by atoms with van der Waals surface area (Å²) < 4.78 is 99.5. The number of amides is 5. The van der Waals surface area contributed by atoms with Crippen LogP contribution in [0.2, 0.25) is 0 Å². The van der Waals surface area contributed by atoms with Crippen LogP contribution >= 0.6 is 0 Å². The summed E-state index contributed by atoms with van der Waals surface area (Å²) in [5.41, 5.74) is 1.28. The van der Waals surface area contributed by atoms with Gasteiger partial charge in [-0.15, -0.1) is 13.2 Å². The van der Waals surface area contributed by atoms with E-state index in [9.17, 15) is 70.3 Å². The van der Waals surface area contributed by atoms with Crippen LogP contribution in [0.3, 0.4) is 0 Å². The molecular formula is C85H125F4N5O21. The number of alkyl carbamates (subject to hydrolysis) is 1. The number of carbonyl (C=O) groups excluding carboxylic acids is 10. The minimum absolute atomic E-state index is 0. The van der Waals surface area contributed by atoms with Crippen LogP contribution in [-0.2, 0) is 97.8 Å². The zero-order chi connectivity index (χ0) is 88.1. The van der Waals surface area contributed by atoms with Gasteiger partial charge in [0.15, 0.2) is 0 Å². The number of Topliss-reactive ketones (excluding diaryl/α,β-unsaturated/α-hetero) is 1. The summed E-state index contributed by atoms with van der Waals surface area (Å²) in [6, 6.07) is 31.1. The third kappa shape index (κ3) is 51.0. The number of aliphatic carboxylic acids is 1. The van der Waals surface area contributed by atoms with Gasteiger partial charge in [-0.25, -0.2) is 65.5 Å². The molecule has 0 spiro atoms. The lowest BCUT2D eigenvalue weighted by atomic mass is 10.1. The van der Waals surface area contributed by atoms with Crippen LogP contribution in [0.15, 0.2) is 146 Å². The lowest BCUT2D eigenvalue weighted by Gasteiger charge is -2.30. The second-order valence-electron chi connectivity index (χ2n) is 32.1. The number of hydrogen-bond donors (Lipinski definition) is 2. The molecule has 0 aliphatic carbocycles. The Balaban J connectivity index is 0. The van der Waals surface area contributed by atoms with Crippen LogP contribution in [0.4, 0.5) is 41.5 Å². The molecule has 5 amide bonds. The normalized spacial score (nSPS) is 12.6. The number of carbonyl (C=O) groups is 11. The van der Waals surface area contributed by atoms with Crippen molar-refractivity contribution in [1.82, 2.24) is 24.9 Å². The Labute approximate surface area is 676 Å². The van der Waals surface area contributed by atoms with Crippen molar-refractivity contribution in [3.05, 3.63) is 168 Å². The highest BCUT2D eigenvalue weighted by Crippen LogP contribution is 2.27. The molecule has 115 heavy (non-hydrogen) atoms. The van der Waals surface area contributed by atoms with Crippen molar-refractivity contribution in [1.29, 1.82) is 0 Å². The lowest BCUT2D eigenvalue weighted by molar-refractivity contribution is -0.154. The zero-order valence-corrected chi connectivity index (χ0v) is 70.6. The molecule has 0 fully saturated rings. The van der Waals surface area contributed by atoms with Crippen molar-refractivity contribution >= 4 is 66.1 Å². The summed E-state index contributed by atoms with van der Waals surface area (Å²) in [6.07, 6.45) is -5.01. The molecule has 0 aliphatic heterocycles. The number of nitrogens with one attached hydrogen (secondary N) is 1. The van der Waals surface area contributed by atoms with E-state index < -0.39 is 143 Å². The molecule has 0 unspecified atom stereocenters. The Morgan fingerprint density at radius 3 is 0.843 bits per heavy atom. The van der Waals surface area contributed by atoms with E-state index in [4.69, 9.17) is 47.7 Å². The molecule has 0 heterocycles. The van der Waals surface area contributed by atoms with Gasteiger partial charge in [-0.1, -0.05) is 140 Å². The van der Waals surface area contributed by atoms with Crippen LogP contribution < -0.4 is 5.32 Å². The number of nitrogens with zero attached hydrogens (tertiary/aromatic N) is 4. The van der Waals surface area contributed by atoms with E-state index in [1.165, 1.54) is 33.0 Å². The Hall–Kier alpha value is -10.6. The van der Waals surface area contributed by atoms with Crippen molar-refractivity contribution in [3.8, 4) is 0 Å². The van der Waals surface area contributed by atoms with Crippen molar-refractivity contribution in [2.75, 3.05) is 28.2 Å². The molecule has 26 nitrogen and oxygen atoms in total. The molecule has 0 bridgehead atoms. The first-order valence-electron chi connectivity index (χ1n) is 36.5. The van der Waals surface area contributed by atoms with Gasteiger partial charge >= 0.3 is 60.3 Å². The molecule has 644 valence electrons. The van der Waals surface area contributed by atoms with E-state index in [1.54, 1.807) is 142 Å². The Bertz CT molecular complexity index is 3610. The second kappa shape index (κ2) is 49.3. The van der Waals surface area contributed by atoms with Crippen LogP contribution in [0.25, 0.3) is 0 Å². The maximum Gasteiger partial charge on any atom is 0.410 e. The first-order valence-corrected chi connectivity index (χ1v) is 36.5. The van der Waals surface area contributed by atoms with E-state index in [0.29, 0.717) is 31.6 Å². The molecule has 0 radical (unpaired) electrons. The quantitative estimate of drug-likeness (QED) is 0.0231. The van der Waals surface area contributed by atoms with Crippen molar-refractivity contribution in [2.45, 2.75) is 274 Å². The maximum atomic E-state index is 13.5. The fraction of sp³-hybridized carbons (Fsp3) is 0.541. The predicted molar refractivity (Wildman–Crippen MR) is 428 cm³/mol. The fourth-order valence-corrected chi connectivity index (χ4v) is 8.95. The number of ether oxygens (including phenoxy) is 9. The number of carboxylic acids is 1. The third-order valence-corrected chi connectivity index (χ3v) is 14.2. The number of esters is 4. The van der Waals surface area contributed by atoms with Gasteiger partial charge < -0.3 is 53.1 Å². The minimum Gasteiger partial charge on any atom is -0.480 e. The standard InChI is InChI=1S/C19H27NO4.C18H25F2NO4.C18H25NO5.C18H25NO4.C11H19F2NO4.CH4/c1-14(2)12-16(20(6)18(22)24-19(3,4)5)17(21)23-13-15-10-8-7-9-11-15;1-17(2,3)25-16(23)21(5)14(11-18(4,19)20)15(22)24-12-13-9-7-6-8-10-13;1-13(20)11-15(19(5)17(22)24-18(2,3)4)16(21)23-12-14-9-7-6-8-10-14;1-13(2)11-15(19-17(21)23-18(3,4)5)16(20)22-12-14-9-7-6-8-10-14;1-10(2,3)18-9(17)14(5)7(8(15)16)6-11(4,12)13;/h7-11,16H,1,12-13H2,2-6H3;6-10,14H,11-12H2,1-5H3;6-10,15H,11-12H2,1-5H3;6-10,15H,1,11-12H2,2-5H3,(H,19,21);7H,6H2,1-5H3,(H,15,16);1H4/t16-;14-;2*15-;7-;/m00000./s1. The van der Waals surface area contributed by atoms with Gasteiger partial charge in [-0.3, -0.25) is 24.4 Å². The summed E-state index contributed by atoms with van der Waals surface area (Å²) in [5, 5.41) is 11.4. The molecule has 4 aromatic carbocycles. The van der Waals surface area contributed by atoms with Gasteiger partial charge in [-0.2, -0.15) is 0 Å². The SMILES string of the molecule is C.C=C(C)C[C@@H](C(=O)OCc1ccccc1)N(C)C(=O)OC(C)(C)C.C=C(C)C[C@H](NC(=O)OC(C)(C)C)C(=O)OCc1ccccc1.CC(=O)C[C@@H](C(=O)OCc1ccccc1)N(C)C(=O)OC(C)(C)C.CN(C(=O)OC(C)(C)C)[C@@H](CC(C)(F)F)C(=O)O.CN(C(=O)OC(C)(C)C)[C@@H](CC(C)(F)F)C(=O)OCc1ccccc1. The molecule has 4 aromatic rings. The molecule has 5 atom stereocenters. The third-order valence-electron chi connectivity index (χ3n) is 14.2. The molecule has 0 aliphatic rings. The molecule has 0 saturated carbocycles. The van der Waals surface area contributed by atoms with Gasteiger partial charge in [0.1, 0.15) is 90.4 Å². The van der Waals surface area contributed by atoms with E-state index in [0.717, 1.165) is 50.2 Å². The highest BCUT2D eigenvalue weighted by Gasteiger charge is 2.41. The molecule has 0 aromatic heterocycles. The number of benzene rings is 4. The topological polar surface area (TPSA) is 316 Å². The largest absolute Gasteiger partial charge is 0.480 e. The zero-order valence-electron chi connectivity index (χ0n) is 70.6. The average molecular weight is 1630 g/mol. The molecule has 4 rings (SSSR count). The van der Waals surface area contributed by atoms with E-state index in [-0.39, 0.29) is 46.1 Å². The Morgan fingerprint density at radius 1 is 0.365 bits per heavy atom. The van der Waals surface area contributed by atoms with E-state index in [1.807, 2.05) is 97.1 Å². The smallest absolute Gasteiger partial charge is 0.410 e. The first-order chi connectivity index (χ1) is 52.1. The summed E-state index contributed by atoms with van der Waals surface area (Å²) in [6.45, 7) is 39.7. The summed E-state index contributed by atoms with van der Waals surface area (Å²) in [7, 11) is 5.32. The number of alkyl halides is 4. The van der Waals surface area contributed by atoms with Crippen LogP contribution in [-0.4, -0.2) is 189 Å². The van der Waals surface area contributed by atoms with Gasteiger partial charge in [-0.05, 0) is 174 Å². The van der Waals surface area contributed by atoms with Crippen LogP contribution in [0.1, 0.15) is 200 Å². The molecule has 2 N–H and O–H groups in total. The highest BCUT2D eigenvalue weighted by atomic mass is 19.3. The number of hydrogen-bond acceptors (Lipinski definition) is 20. The number of likely N-dealkylation sites (N-methyl/N-ethyl adjacent to an activating group) is 4. The Morgan fingerprint density at radius 2 is 0.600 bits per heavy atom. The molecule has 0 saturated heterocycles. The number of halogens is 4.